The summed E-state index contributed by atoms with van der Waals surface area (Å²) >= 11 is 0. The third-order valence-electron chi connectivity index (χ3n) is 3.04. The van der Waals surface area contributed by atoms with Crippen LogP contribution in [0.1, 0.15) is 28.4 Å². The Bertz CT molecular complexity index is 484. The van der Waals surface area contributed by atoms with Crippen molar-refractivity contribution in [3.05, 3.63) is 34.9 Å². The third-order valence-corrected chi connectivity index (χ3v) is 3.04. The van der Waals surface area contributed by atoms with Gasteiger partial charge in [-0.1, -0.05) is 6.07 Å². The Morgan fingerprint density at radius 1 is 1.37 bits per heavy atom. The van der Waals surface area contributed by atoms with Gasteiger partial charge in [-0.3, -0.25) is 9.59 Å². The fourth-order valence-corrected chi connectivity index (χ4v) is 1.79. The Labute approximate surface area is 113 Å². The van der Waals surface area contributed by atoms with Gasteiger partial charge in [-0.15, -0.1) is 0 Å². The van der Waals surface area contributed by atoms with Crippen molar-refractivity contribution in [2.75, 3.05) is 14.1 Å². The average molecular weight is 263 g/mol. The van der Waals surface area contributed by atoms with Crippen LogP contribution in [0.3, 0.4) is 0 Å². The van der Waals surface area contributed by atoms with E-state index < -0.39 is 5.91 Å². The predicted molar refractivity (Wildman–Crippen MR) is 74.7 cm³/mol. The first-order valence-corrected chi connectivity index (χ1v) is 6.16. The molecular weight excluding hydrogens is 242 g/mol. The Hall–Kier alpha value is -1.88. The van der Waals surface area contributed by atoms with Gasteiger partial charge in [0.05, 0.1) is 6.04 Å². The first kappa shape index (κ1) is 15.2. The SMILES string of the molecule is Cc1cc(C(N)=O)ccc1CNC(C)C(=O)N(C)C. The molecule has 0 radical (unpaired) electrons. The number of hydrogen-bond donors (Lipinski definition) is 2. The molecule has 1 aromatic carbocycles. The predicted octanol–water partition coefficient (Wildman–Crippen LogP) is 0.660. The van der Waals surface area contributed by atoms with Crippen LogP contribution in [0.5, 0.6) is 0 Å². The van der Waals surface area contributed by atoms with Crippen molar-refractivity contribution in [3.63, 3.8) is 0 Å². The largest absolute Gasteiger partial charge is 0.366 e. The van der Waals surface area contributed by atoms with Crippen LogP contribution in [0.2, 0.25) is 0 Å². The number of likely N-dealkylation sites (N-methyl/N-ethyl adjacent to an activating group) is 1. The summed E-state index contributed by atoms with van der Waals surface area (Å²) in [5, 5.41) is 3.16. The van der Waals surface area contributed by atoms with Crippen LogP contribution in [-0.2, 0) is 11.3 Å². The Balaban J connectivity index is 2.68. The monoisotopic (exact) mass is 263 g/mol. The van der Waals surface area contributed by atoms with Gasteiger partial charge in [0.2, 0.25) is 11.8 Å². The first-order chi connectivity index (χ1) is 8.82. The summed E-state index contributed by atoms with van der Waals surface area (Å²) in [4.78, 5) is 24.3. The normalized spacial score (nSPS) is 12.0. The van der Waals surface area contributed by atoms with Crippen molar-refractivity contribution in [2.45, 2.75) is 26.4 Å². The van der Waals surface area contributed by atoms with Gasteiger partial charge in [0, 0.05) is 26.2 Å². The highest BCUT2D eigenvalue weighted by Crippen LogP contribution is 2.11. The van der Waals surface area contributed by atoms with Gasteiger partial charge in [-0.05, 0) is 37.1 Å². The molecule has 0 saturated heterocycles. The minimum Gasteiger partial charge on any atom is -0.366 e. The summed E-state index contributed by atoms with van der Waals surface area (Å²) < 4.78 is 0. The minimum atomic E-state index is -0.432. The van der Waals surface area contributed by atoms with Gasteiger partial charge in [0.15, 0.2) is 0 Å². The highest BCUT2D eigenvalue weighted by Gasteiger charge is 2.14. The van der Waals surface area contributed by atoms with Crippen LogP contribution < -0.4 is 11.1 Å². The molecule has 0 bridgehead atoms. The number of nitrogens with two attached hydrogens (primary N) is 1. The van der Waals surface area contributed by atoms with E-state index in [4.69, 9.17) is 5.73 Å². The zero-order chi connectivity index (χ0) is 14.6. The van der Waals surface area contributed by atoms with E-state index in [0.717, 1.165) is 11.1 Å². The molecule has 2 amide bonds. The lowest BCUT2D eigenvalue weighted by molar-refractivity contribution is -0.130. The van der Waals surface area contributed by atoms with E-state index in [1.54, 1.807) is 31.1 Å². The van der Waals surface area contributed by atoms with Crippen molar-refractivity contribution < 1.29 is 9.59 Å². The number of carbonyl (C=O) groups is 2. The van der Waals surface area contributed by atoms with E-state index in [-0.39, 0.29) is 11.9 Å². The van der Waals surface area contributed by atoms with Crippen LogP contribution in [0, 0.1) is 6.92 Å². The maximum atomic E-state index is 11.7. The Morgan fingerprint density at radius 3 is 2.47 bits per heavy atom. The molecule has 1 aromatic rings. The van der Waals surface area contributed by atoms with Crippen molar-refractivity contribution >= 4 is 11.8 Å². The van der Waals surface area contributed by atoms with Gasteiger partial charge >= 0.3 is 0 Å². The number of amides is 2. The molecule has 104 valence electrons. The smallest absolute Gasteiger partial charge is 0.248 e. The Morgan fingerprint density at radius 2 is 2.00 bits per heavy atom. The van der Waals surface area contributed by atoms with E-state index in [9.17, 15) is 9.59 Å². The van der Waals surface area contributed by atoms with E-state index in [1.165, 1.54) is 0 Å². The molecule has 0 spiro atoms. The number of aryl methyl sites for hydroxylation is 1. The van der Waals surface area contributed by atoms with Crippen LogP contribution in [-0.4, -0.2) is 36.9 Å². The summed E-state index contributed by atoms with van der Waals surface area (Å²) in [6.07, 6.45) is 0. The van der Waals surface area contributed by atoms with Crippen LogP contribution in [0.25, 0.3) is 0 Å². The molecular formula is C14H21N3O2. The van der Waals surface area contributed by atoms with Gasteiger partial charge in [0.1, 0.15) is 0 Å². The van der Waals surface area contributed by atoms with Gasteiger partial charge in [-0.2, -0.15) is 0 Å². The van der Waals surface area contributed by atoms with Crippen LogP contribution in [0.15, 0.2) is 18.2 Å². The lowest BCUT2D eigenvalue weighted by Crippen LogP contribution is -2.41. The highest BCUT2D eigenvalue weighted by atomic mass is 16.2. The van der Waals surface area contributed by atoms with Gasteiger partial charge in [0.25, 0.3) is 0 Å². The molecule has 5 nitrogen and oxygen atoms in total. The molecule has 0 fully saturated rings. The number of primary amides is 1. The van der Waals surface area contributed by atoms with Crippen molar-refractivity contribution in [3.8, 4) is 0 Å². The maximum absolute atomic E-state index is 11.7. The summed E-state index contributed by atoms with van der Waals surface area (Å²) in [6.45, 7) is 4.32. The van der Waals surface area contributed by atoms with E-state index >= 15 is 0 Å². The molecule has 0 aliphatic rings. The molecule has 0 aliphatic heterocycles. The fraction of sp³-hybridized carbons (Fsp3) is 0.429. The molecule has 0 heterocycles. The number of nitrogens with zero attached hydrogens (tertiary/aromatic N) is 1. The molecule has 1 rings (SSSR count). The molecule has 1 atom stereocenters. The summed E-state index contributed by atoms with van der Waals surface area (Å²) in [5.41, 5.74) is 7.75. The molecule has 3 N–H and O–H groups in total. The zero-order valence-electron chi connectivity index (χ0n) is 11.9. The zero-order valence-corrected chi connectivity index (χ0v) is 11.9. The first-order valence-electron chi connectivity index (χ1n) is 6.16. The number of carbonyl (C=O) groups excluding carboxylic acids is 2. The minimum absolute atomic E-state index is 0.0337. The van der Waals surface area contributed by atoms with E-state index in [2.05, 4.69) is 5.32 Å². The van der Waals surface area contributed by atoms with E-state index in [0.29, 0.717) is 12.1 Å². The fourth-order valence-electron chi connectivity index (χ4n) is 1.79. The van der Waals surface area contributed by atoms with E-state index in [1.807, 2.05) is 19.9 Å². The quantitative estimate of drug-likeness (QED) is 0.819. The Kier molecular flexibility index (Phi) is 5.06. The maximum Gasteiger partial charge on any atom is 0.248 e. The average Bonchev–Trinajstić information content (AvgIpc) is 2.35. The molecule has 1 unspecified atom stereocenters. The molecule has 0 aromatic heterocycles. The number of benzene rings is 1. The lowest BCUT2D eigenvalue weighted by Gasteiger charge is -2.18. The second kappa shape index (κ2) is 6.33. The van der Waals surface area contributed by atoms with Crippen molar-refractivity contribution in [1.82, 2.24) is 10.2 Å². The third kappa shape index (κ3) is 4.06. The van der Waals surface area contributed by atoms with Crippen molar-refractivity contribution in [1.29, 1.82) is 0 Å². The van der Waals surface area contributed by atoms with Crippen LogP contribution in [0.4, 0.5) is 0 Å². The molecule has 19 heavy (non-hydrogen) atoms. The second-order valence-electron chi connectivity index (χ2n) is 4.84. The van der Waals surface area contributed by atoms with Crippen molar-refractivity contribution in [2.24, 2.45) is 5.73 Å². The molecule has 5 heteroatoms. The summed E-state index contributed by atoms with van der Waals surface area (Å²) in [7, 11) is 3.46. The highest BCUT2D eigenvalue weighted by molar-refractivity contribution is 5.93. The number of hydrogen-bond acceptors (Lipinski definition) is 3. The standard InChI is InChI=1S/C14H21N3O2/c1-9-7-11(13(15)18)5-6-12(9)8-16-10(2)14(19)17(3)4/h5-7,10,16H,8H2,1-4H3,(H2,15,18). The number of nitrogens with one attached hydrogen (secondary N) is 1. The summed E-state index contributed by atoms with van der Waals surface area (Å²) in [6, 6.07) is 5.07. The number of rotatable bonds is 5. The van der Waals surface area contributed by atoms with Gasteiger partial charge < -0.3 is 16.0 Å². The van der Waals surface area contributed by atoms with Gasteiger partial charge in [-0.25, -0.2) is 0 Å². The summed E-state index contributed by atoms with van der Waals surface area (Å²) in [5.74, 6) is -0.398. The molecule has 0 aliphatic carbocycles. The second-order valence-corrected chi connectivity index (χ2v) is 4.84. The van der Waals surface area contributed by atoms with Crippen LogP contribution >= 0.6 is 0 Å². The topological polar surface area (TPSA) is 75.4 Å². The lowest BCUT2D eigenvalue weighted by atomic mass is 10.0. The molecule has 0 saturated carbocycles.